The molecule has 3 aromatic heterocycles. The second kappa shape index (κ2) is 6.53. The van der Waals surface area contributed by atoms with Crippen molar-refractivity contribution in [3.8, 4) is 0 Å². The van der Waals surface area contributed by atoms with E-state index in [1.807, 2.05) is 6.92 Å². The molecule has 8 nitrogen and oxygen atoms in total. The number of carbonyl (C=O) groups is 2. The fraction of sp³-hybridized carbons (Fsp3) is 0.250. The zero-order chi connectivity index (χ0) is 17.1. The Morgan fingerprint density at radius 3 is 2.92 bits per heavy atom. The monoisotopic (exact) mass is 327 g/mol. The molecular weight excluding hydrogens is 310 g/mol. The molecule has 0 aliphatic carbocycles. The summed E-state index contributed by atoms with van der Waals surface area (Å²) >= 11 is 0. The number of furan rings is 1. The van der Waals surface area contributed by atoms with Crippen molar-refractivity contribution in [1.29, 1.82) is 0 Å². The Hall–Kier alpha value is -3.16. The largest absolute Gasteiger partial charge is 0.467 e. The number of hydrogen-bond acceptors (Lipinski definition) is 5. The van der Waals surface area contributed by atoms with Crippen LogP contribution in [-0.2, 0) is 18.4 Å². The maximum atomic E-state index is 12.2. The van der Waals surface area contributed by atoms with Gasteiger partial charge in [0, 0.05) is 18.6 Å². The maximum absolute atomic E-state index is 12.2. The van der Waals surface area contributed by atoms with Crippen molar-refractivity contribution >= 4 is 22.8 Å². The van der Waals surface area contributed by atoms with Crippen LogP contribution in [0.3, 0.4) is 0 Å². The number of nitrogens with one attached hydrogen (secondary N) is 2. The Morgan fingerprint density at radius 1 is 1.33 bits per heavy atom. The normalized spacial score (nSPS) is 10.8. The molecule has 0 atom stereocenters. The smallest absolute Gasteiger partial charge is 0.253 e. The van der Waals surface area contributed by atoms with Crippen LogP contribution in [0.1, 0.15) is 21.8 Å². The Kier molecular flexibility index (Phi) is 4.28. The van der Waals surface area contributed by atoms with Crippen LogP contribution in [0.25, 0.3) is 11.0 Å². The fourth-order valence-corrected chi connectivity index (χ4v) is 2.36. The molecule has 0 bridgehead atoms. The molecular formula is C16H17N5O3. The molecule has 0 unspecified atom stereocenters. The van der Waals surface area contributed by atoms with Crippen LogP contribution < -0.4 is 10.6 Å². The average Bonchev–Trinajstić information content (AvgIpc) is 3.19. The molecule has 0 saturated carbocycles. The first-order valence-electron chi connectivity index (χ1n) is 7.41. The summed E-state index contributed by atoms with van der Waals surface area (Å²) in [4.78, 5) is 28.2. The Bertz CT molecular complexity index is 883. The minimum Gasteiger partial charge on any atom is -0.467 e. The summed E-state index contributed by atoms with van der Waals surface area (Å²) in [5, 5.41) is 10.3. The number of carbonyl (C=O) groups excluding carboxylic acids is 2. The molecule has 0 saturated heterocycles. The molecule has 3 heterocycles. The lowest BCUT2D eigenvalue weighted by atomic mass is 10.2. The van der Waals surface area contributed by atoms with E-state index in [0.29, 0.717) is 17.0 Å². The van der Waals surface area contributed by atoms with Gasteiger partial charge >= 0.3 is 0 Å². The van der Waals surface area contributed by atoms with Gasteiger partial charge in [0.15, 0.2) is 5.65 Å². The van der Waals surface area contributed by atoms with Crippen LogP contribution in [0.5, 0.6) is 0 Å². The zero-order valence-corrected chi connectivity index (χ0v) is 13.4. The van der Waals surface area contributed by atoms with Gasteiger partial charge in [-0.2, -0.15) is 5.10 Å². The maximum Gasteiger partial charge on any atom is 0.253 e. The van der Waals surface area contributed by atoms with E-state index in [2.05, 4.69) is 20.7 Å². The summed E-state index contributed by atoms with van der Waals surface area (Å²) in [6, 6.07) is 5.23. The van der Waals surface area contributed by atoms with Gasteiger partial charge in [0.2, 0.25) is 5.91 Å². The van der Waals surface area contributed by atoms with E-state index in [1.54, 1.807) is 29.9 Å². The van der Waals surface area contributed by atoms with E-state index in [-0.39, 0.29) is 24.9 Å². The fourth-order valence-electron chi connectivity index (χ4n) is 2.36. The topological polar surface area (TPSA) is 102 Å². The first-order chi connectivity index (χ1) is 11.5. The minimum atomic E-state index is -0.360. The molecule has 0 aliphatic heterocycles. The molecule has 0 aromatic carbocycles. The molecule has 0 radical (unpaired) electrons. The number of aromatic nitrogens is 3. The predicted octanol–water partition coefficient (Wildman–Crippen LogP) is 0.916. The molecule has 24 heavy (non-hydrogen) atoms. The number of amides is 2. The van der Waals surface area contributed by atoms with Crippen LogP contribution in [0.4, 0.5) is 0 Å². The van der Waals surface area contributed by atoms with Crippen LogP contribution in [0.2, 0.25) is 0 Å². The minimum absolute atomic E-state index is 0.121. The summed E-state index contributed by atoms with van der Waals surface area (Å²) in [7, 11) is 1.80. The molecule has 0 spiro atoms. The van der Waals surface area contributed by atoms with Crippen molar-refractivity contribution in [3.63, 3.8) is 0 Å². The Morgan fingerprint density at radius 2 is 2.17 bits per heavy atom. The van der Waals surface area contributed by atoms with Gasteiger partial charge in [-0.15, -0.1) is 0 Å². The molecule has 2 amide bonds. The molecule has 3 aromatic rings. The third kappa shape index (κ3) is 3.27. The van der Waals surface area contributed by atoms with Crippen molar-refractivity contribution in [2.24, 2.45) is 7.05 Å². The third-order valence-corrected chi connectivity index (χ3v) is 3.57. The number of rotatable bonds is 5. The van der Waals surface area contributed by atoms with Gasteiger partial charge in [0.05, 0.1) is 30.6 Å². The average molecular weight is 327 g/mol. The second-order valence-electron chi connectivity index (χ2n) is 5.34. The van der Waals surface area contributed by atoms with E-state index in [4.69, 9.17) is 4.42 Å². The van der Waals surface area contributed by atoms with Gasteiger partial charge < -0.3 is 15.1 Å². The van der Waals surface area contributed by atoms with Crippen LogP contribution >= 0.6 is 0 Å². The number of hydrogen-bond donors (Lipinski definition) is 2. The SMILES string of the molecule is Cc1nn(C)c2ncc(C(=O)NCC(=O)NCc3ccco3)cc12. The first kappa shape index (κ1) is 15.7. The van der Waals surface area contributed by atoms with Gasteiger partial charge in [0.25, 0.3) is 5.91 Å². The lowest BCUT2D eigenvalue weighted by Gasteiger charge is -2.06. The summed E-state index contributed by atoms with van der Waals surface area (Å²) < 4.78 is 6.78. The summed E-state index contributed by atoms with van der Waals surface area (Å²) in [6.45, 7) is 2.02. The lowest BCUT2D eigenvalue weighted by molar-refractivity contribution is -0.120. The highest BCUT2D eigenvalue weighted by molar-refractivity contribution is 5.98. The molecule has 2 N–H and O–H groups in total. The van der Waals surface area contributed by atoms with E-state index in [0.717, 1.165) is 11.1 Å². The number of fused-ring (bicyclic) bond motifs is 1. The third-order valence-electron chi connectivity index (χ3n) is 3.57. The van der Waals surface area contributed by atoms with Gasteiger partial charge in [-0.25, -0.2) is 4.98 Å². The lowest BCUT2D eigenvalue weighted by Crippen LogP contribution is -2.36. The van der Waals surface area contributed by atoms with E-state index in [9.17, 15) is 9.59 Å². The van der Waals surface area contributed by atoms with Crippen LogP contribution in [0.15, 0.2) is 35.1 Å². The number of pyridine rings is 1. The molecule has 0 aliphatic rings. The van der Waals surface area contributed by atoms with E-state index in [1.165, 1.54) is 12.5 Å². The van der Waals surface area contributed by atoms with Crippen molar-refractivity contribution in [2.75, 3.05) is 6.54 Å². The quantitative estimate of drug-likeness (QED) is 0.725. The molecule has 8 heteroatoms. The van der Waals surface area contributed by atoms with Gasteiger partial charge in [-0.1, -0.05) is 0 Å². The number of nitrogens with zero attached hydrogens (tertiary/aromatic N) is 3. The van der Waals surface area contributed by atoms with Crippen molar-refractivity contribution < 1.29 is 14.0 Å². The first-order valence-corrected chi connectivity index (χ1v) is 7.41. The van der Waals surface area contributed by atoms with Crippen molar-refractivity contribution in [3.05, 3.63) is 47.7 Å². The predicted molar refractivity (Wildman–Crippen MR) is 86.1 cm³/mol. The van der Waals surface area contributed by atoms with E-state index < -0.39 is 0 Å². The Balaban J connectivity index is 1.58. The summed E-state index contributed by atoms with van der Waals surface area (Å²) in [5.74, 6) is -0.0106. The van der Waals surface area contributed by atoms with Crippen molar-refractivity contribution in [2.45, 2.75) is 13.5 Å². The van der Waals surface area contributed by atoms with Crippen LogP contribution in [0, 0.1) is 6.92 Å². The van der Waals surface area contributed by atoms with E-state index >= 15 is 0 Å². The second-order valence-corrected chi connectivity index (χ2v) is 5.34. The standard InChI is InChI=1S/C16H17N5O3/c1-10-13-6-11(7-18-15(13)21(2)20-10)16(23)19-9-14(22)17-8-12-4-3-5-24-12/h3-7H,8-9H2,1-2H3,(H,17,22)(H,19,23). The highest BCUT2D eigenvalue weighted by Gasteiger charge is 2.12. The van der Waals surface area contributed by atoms with Gasteiger partial charge in [-0.05, 0) is 25.1 Å². The molecule has 3 rings (SSSR count). The molecule has 124 valence electrons. The van der Waals surface area contributed by atoms with Gasteiger partial charge in [0.1, 0.15) is 5.76 Å². The molecule has 0 fully saturated rings. The summed E-state index contributed by atoms with van der Waals surface area (Å²) in [6.07, 6.45) is 3.01. The zero-order valence-electron chi connectivity index (χ0n) is 13.4. The van der Waals surface area contributed by atoms with Gasteiger partial charge in [-0.3, -0.25) is 14.3 Å². The van der Waals surface area contributed by atoms with Crippen LogP contribution in [-0.4, -0.2) is 33.1 Å². The Labute approximate surface area is 137 Å². The van der Waals surface area contributed by atoms with Crippen molar-refractivity contribution in [1.82, 2.24) is 25.4 Å². The highest BCUT2D eigenvalue weighted by atomic mass is 16.3. The summed E-state index contributed by atoms with van der Waals surface area (Å²) in [5.41, 5.74) is 1.89. The number of aryl methyl sites for hydroxylation is 2. The highest BCUT2D eigenvalue weighted by Crippen LogP contribution is 2.16.